The summed E-state index contributed by atoms with van der Waals surface area (Å²) >= 11 is 0. The summed E-state index contributed by atoms with van der Waals surface area (Å²) in [5, 5.41) is 0. The lowest BCUT2D eigenvalue weighted by Gasteiger charge is -1.97. The topological polar surface area (TPSA) is 142 Å². The summed E-state index contributed by atoms with van der Waals surface area (Å²) in [6.07, 6.45) is 21.9. The quantitative estimate of drug-likeness (QED) is 0.143. The van der Waals surface area contributed by atoms with Crippen LogP contribution in [0.1, 0.15) is 124 Å². The maximum atomic E-state index is 4.18. The van der Waals surface area contributed by atoms with Gasteiger partial charge < -0.3 is 0 Å². The third-order valence-corrected chi connectivity index (χ3v) is 11.6. The van der Waals surface area contributed by atoms with E-state index in [0.29, 0.717) is 0 Å². The van der Waals surface area contributed by atoms with Gasteiger partial charge in [-0.05, 0) is 267 Å². The van der Waals surface area contributed by atoms with Crippen LogP contribution < -0.4 is 0 Å². The van der Waals surface area contributed by atoms with E-state index in [2.05, 4.69) is 145 Å². The minimum Gasteiger partial charge on any atom is -0.264 e. The van der Waals surface area contributed by atoms with Crippen molar-refractivity contribution in [1.82, 2.24) is 54.8 Å². The maximum Gasteiger partial charge on any atom is 0.115 e. The number of nitrogens with zero attached hydrogens (tertiary/aromatic N) is 11. The van der Waals surface area contributed by atoms with Gasteiger partial charge in [0.2, 0.25) is 0 Å². The fraction of sp³-hybridized carbons (Fsp3) is 0.310. The van der Waals surface area contributed by atoms with E-state index < -0.39 is 0 Å². The predicted molar refractivity (Wildman–Crippen MR) is 344 cm³/mol. The van der Waals surface area contributed by atoms with Crippen LogP contribution in [0.2, 0.25) is 0 Å². The molecule has 0 saturated heterocycles. The molecule has 0 radical (unpaired) electrons. The van der Waals surface area contributed by atoms with Gasteiger partial charge in [0.15, 0.2) is 0 Å². The maximum absolute atomic E-state index is 4.18. The van der Waals surface area contributed by atoms with Crippen LogP contribution in [0.25, 0.3) is 0 Å². The standard InChI is InChI=1S/2C8H11N.7C7H9N.C6H8N2/c2*1-6-4-7(2)8(3)9-5-6;2*1-6-3-7(2)5-8-4-6;1-6-3-4-8-7(2)5-6;2*1-6-3-4-7(2)8-5-6;1-6-4-3-5-8-7(6)2;1-6-4-3-5-7(2)8-6;1-5-3-7-4-8-6(5)2/h2*4-5H,1-3H3;7*3-5H,1-2H3;3-4H,1-2H3. The molecule has 0 aliphatic rings. The Morgan fingerprint density at radius 1 is 0.220 bits per heavy atom. The van der Waals surface area contributed by atoms with Crippen LogP contribution in [0.4, 0.5) is 0 Å². The summed E-state index contributed by atoms with van der Waals surface area (Å²) in [5.74, 6) is 0. The zero-order chi connectivity index (χ0) is 61.6. The molecular weight excluding hydrogens is 1010 g/mol. The van der Waals surface area contributed by atoms with Gasteiger partial charge in [0.05, 0.1) is 0 Å². The van der Waals surface area contributed by atoms with Crippen LogP contribution in [-0.4, -0.2) is 54.8 Å². The molecule has 0 atom stereocenters. The largest absolute Gasteiger partial charge is 0.264 e. The SMILES string of the molecule is Cc1ccc(C)nc1.Cc1ccc(C)nc1.Cc1cccc(C)n1.Cc1cccnc1C.Cc1ccnc(C)c1.Cc1cnc(C)c(C)c1.Cc1cnc(C)c(C)c1.Cc1cncc(C)c1.Cc1cncc(C)c1.Cc1cncnc1C. The lowest BCUT2D eigenvalue weighted by molar-refractivity contribution is 1.06. The monoisotopic (exact) mass is 1100 g/mol. The number of aryl methyl sites for hydroxylation is 22. The Hall–Kier alpha value is -8.57. The van der Waals surface area contributed by atoms with Gasteiger partial charge in [-0.3, -0.25) is 44.9 Å². The Morgan fingerprint density at radius 3 is 0.878 bits per heavy atom. The molecule has 0 N–H and O–H groups in total. The summed E-state index contributed by atoms with van der Waals surface area (Å²) in [6, 6.07) is 30.7. The first kappa shape index (κ1) is 71.4. The van der Waals surface area contributed by atoms with Gasteiger partial charge in [-0.15, -0.1) is 0 Å². The fourth-order valence-electron chi connectivity index (χ4n) is 6.45. The van der Waals surface area contributed by atoms with Crippen molar-refractivity contribution in [3.8, 4) is 0 Å². The van der Waals surface area contributed by atoms with E-state index >= 15 is 0 Å². The highest BCUT2D eigenvalue weighted by atomic mass is 14.8. The molecule has 0 saturated carbocycles. The van der Waals surface area contributed by atoms with Crippen molar-refractivity contribution in [3.05, 3.63) is 289 Å². The first-order chi connectivity index (χ1) is 38.7. The molecule has 0 bridgehead atoms. The molecule has 0 aliphatic carbocycles. The molecule has 10 heterocycles. The van der Waals surface area contributed by atoms with Crippen LogP contribution in [0.5, 0.6) is 0 Å². The van der Waals surface area contributed by atoms with E-state index in [9.17, 15) is 0 Å². The highest BCUT2D eigenvalue weighted by molar-refractivity contribution is 5.23. The van der Waals surface area contributed by atoms with Crippen molar-refractivity contribution in [2.24, 2.45) is 0 Å². The summed E-state index contributed by atoms with van der Waals surface area (Å²) in [5.41, 5.74) is 25.9. The van der Waals surface area contributed by atoms with Gasteiger partial charge in [0.1, 0.15) is 6.33 Å². The zero-order valence-corrected chi connectivity index (χ0v) is 53.5. The van der Waals surface area contributed by atoms with Gasteiger partial charge in [-0.2, -0.15) is 0 Å². The molecule has 10 aromatic heterocycles. The van der Waals surface area contributed by atoms with Gasteiger partial charge in [-0.1, -0.05) is 48.5 Å². The molecule has 10 aromatic rings. The summed E-state index contributed by atoms with van der Waals surface area (Å²) in [4.78, 5) is 44.6. The van der Waals surface area contributed by atoms with Crippen molar-refractivity contribution in [2.75, 3.05) is 0 Å². The zero-order valence-electron chi connectivity index (χ0n) is 53.5. The van der Waals surface area contributed by atoms with E-state index in [0.717, 1.165) is 56.8 Å². The average molecular weight is 1100 g/mol. The summed E-state index contributed by atoms with van der Waals surface area (Å²) < 4.78 is 0. The molecule has 82 heavy (non-hydrogen) atoms. The van der Waals surface area contributed by atoms with Gasteiger partial charge >= 0.3 is 0 Å². The molecule has 10 rings (SSSR count). The molecule has 0 unspecified atom stereocenters. The second kappa shape index (κ2) is 40.6. The van der Waals surface area contributed by atoms with E-state index in [-0.39, 0.29) is 0 Å². The van der Waals surface area contributed by atoms with Crippen molar-refractivity contribution < 1.29 is 0 Å². The van der Waals surface area contributed by atoms with Crippen molar-refractivity contribution in [2.45, 2.75) is 152 Å². The molecule has 0 amide bonds. The normalized spacial score (nSPS) is 9.34. The molecule has 11 nitrogen and oxygen atoms in total. The lowest BCUT2D eigenvalue weighted by Crippen LogP contribution is -1.85. The number of rotatable bonds is 0. The van der Waals surface area contributed by atoms with Crippen molar-refractivity contribution >= 4 is 0 Å². The Balaban J connectivity index is 0.000000456. The van der Waals surface area contributed by atoms with Crippen LogP contribution in [0.15, 0.2) is 165 Å². The summed E-state index contributed by atoms with van der Waals surface area (Å²) in [6.45, 7) is 44.6. The summed E-state index contributed by atoms with van der Waals surface area (Å²) in [7, 11) is 0. The Morgan fingerprint density at radius 2 is 0.634 bits per heavy atom. The molecule has 0 spiro atoms. The van der Waals surface area contributed by atoms with Crippen molar-refractivity contribution in [1.29, 1.82) is 0 Å². The fourth-order valence-corrected chi connectivity index (χ4v) is 6.45. The average Bonchev–Trinajstić information content (AvgIpc) is 3.41. The van der Waals surface area contributed by atoms with Crippen molar-refractivity contribution in [3.63, 3.8) is 0 Å². The number of aromatic nitrogens is 11. The number of hydrogen-bond donors (Lipinski definition) is 0. The van der Waals surface area contributed by atoms with Crippen LogP contribution in [0.3, 0.4) is 0 Å². The van der Waals surface area contributed by atoms with Gasteiger partial charge in [0, 0.05) is 119 Å². The number of hydrogen-bond acceptors (Lipinski definition) is 11. The highest BCUT2D eigenvalue weighted by Gasteiger charge is 1.93. The third kappa shape index (κ3) is 35.8. The second-order valence-corrected chi connectivity index (χ2v) is 20.5. The predicted octanol–water partition coefficient (Wildman–Crippen LogP) is 17.0. The van der Waals surface area contributed by atoms with Gasteiger partial charge in [0.25, 0.3) is 0 Å². The molecule has 0 aromatic carbocycles. The van der Waals surface area contributed by atoms with Gasteiger partial charge in [-0.25, -0.2) is 9.97 Å². The molecule has 0 aliphatic heterocycles. The van der Waals surface area contributed by atoms with E-state index in [1.165, 1.54) is 66.8 Å². The minimum absolute atomic E-state index is 1.06. The molecule has 432 valence electrons. The Labute approximate surface area is 493 Å². The first-order valence-corrected chi connectivity index (χ1v) is 27.5. The van der Waals surface area contributed by atoms with Crippen LogP contribution in [0, 0.1) is 152 Å². The molecule has 0 fully saturated rings. The highest BCUT2D eigenvalue weighted by Crippen LogP contribution is 2.06. The number of pyridine rings is 9. The Kier molecular flexibility index (Phi) is 35.4. The third-order valence-electron chi connectivity index (χ3n) is 11.6. The Bertz CT molecular complexity index is 2870. The smallest absolute Gasteiger partial charge is 0.115 e. The molecular formula is C71H93N11. The lowest BCUT2D eigenvalue weighted by atomic mass is 10.2. The van der Waals surface area contributed by atoms with E-state index in [4.69, 9.17) is 0 Å². The molecule has 11 heteroatoms. The first-order valence-electron chi connectivity index (χ1n) is 27.5. The van der Waals surface area contributed by atoms with E-state index in [1.54, 1.807) is 6.33 Å². The van der Waals surface area contributed by atoms with E-state index in [1.807, 2.05) is 221 Å². The van der Waals surface area contributed by atoms with Crippen LogP contribution >= 0.6 is 0 Å². The minimum atomic E-state index is 1.06. The van der Waals surface area contributed by atoms with Crippen LogP contribution in [-0.2, 0) is 0 Å². The second-order valence-electron chi connectivity index (χ2n) is 20.5.